The fourth-order valence-corrected chi connectivity index (χ4v) is 4.20. The largest absolute Gasteiger partial charge is 0.466 e. The molecule has 2 N–H and O–H groups in total. The summed E-state index contributed by atoms with van der Waals surface area (Å²) in [6.07, 6.45) is 3.85. The number of ether oxygens (including phenoxy) is 1. The highest BCUT2D eigenvalue weighted by atomic mass is 28.3. The van der Waals surface area contributed by atoms with Crippen LogP contribution < -0.4 is 5.32 Å². The normalized spacial score (nSPS) is 25.8. The molecule has 3 atom stereocenters. The maximum atomic E-state index is 12.4. The first-order chi connectivity index (χ1) is 11.1. The number of nitrogens with one attached hydrogen (secondary N) is 1. The molecule has 1 saturated carbocycles. The summed E-state index contributed by atoms with van der Waals surface area (Å²) in [5, 5.41) is 13.7. The van der Waals surface area contributed by atoms with Crippen molar-refractivity contribution in [2.75, 3.05) is 13.7 Å². The van der Waals surface area contributed by atoms with Gasteiger partial charge in [-0.15, -0.1) is 0 Å². The van der Waals surface area contributed by atoms with Gasteiger partial charge in [0.2, 0.25) is 5.91 Å². The molecule has 0 saturated heterocycles. The molecule has 0 aromatic rings. The zero-order valence-electron chi connectivity index (χ0n) is 16.0. The van der Waals surface area contributed by atoms with Crippen molar-refractivity contribution in [1.29, 1.82) is 0 Å². The Morgan fingerprint density at radius 2 is 2.04 bits per heavy atom. The maximum Gasteiger partial charge on any atom is 0.309 e. The maximum absolute atomic E-state index is 12.4. The van der Waals surface area contributed by atoms with Crippen LogP contribution in [-0.2, 0) is 14.3 Å². The van der Waals surface area contributed by atoms with Gasteiger partial charge in [-0.1, -0.05) is 33.0 Å². The molecule has 0 aromatic heterocycles. The van der Waals surface area contributed by atoms with Gasteiger partial charge in [-0.05, 0) is 38.1 Å². The Balaban J connectivity index is 2.69. The predicted octanol–water partition coefficient (Wildman–Crippen LogP) is 2.95. The van der Waals surface area contributed by atoms with Crippen molar-refractivity contribution in [1.82, 2.24) is 5.32 Å². The minimum atomic E-state index is -1.23. The molecule has 6 heteroatoms. The zero-order valence-corrected chi connectivity index (χ0v) is 17.0. The highest BCUT2D eigenvalue weighted by Crippen LogP contribution is 2.40. The molecule has 5 nitrogen and oxygen atoms in total. The van der Waals surface area contributed by atoms with Gasteiger partial charge in [0, 0.05) is 15.1 Å². The minimum absolute atomic E-state index is 0.132. The van der Waals surface area contributed by atoms with Crippen LogP contribution in [0.15, 0.2) is 0 Å². The lowest BCUT2D eigenvalue weighted by atomic mass is 9.69. The number of rotatable bonds is 8. The van der Waals surface area contributed by atoms with E-state index in [4.69, 9.17) is 4.74 Å². The third-order valence-corrected chi connectivity index (χ3v) is 6.68. The van der Waals surface area contributed by atoms with Gasteiger partial charge in [-0.3, -0.25) is 9.59 Å². The Morgan fingerprint density at radius 3 is 2.58 bits per heavy atom. The number of esters is 1. The van der Waals surface area contributed by atoms with Crippen LogP contribution in [0.2, 0.25) is 25.7 Å². The van der Waals surface area contributed by atoms with Gasteiger partial charge in [-0.25, -0.2) is 0 Å². The Hall–Kier alpha value is -0.883. The van der Waals surface area contributed by atoms with Crippen LogP contribution in [0.1, 0.15) is 45.4 Å². The van der Waals surface area contributed by atoms with E-state index in [-0.39, 0.29) is 17.8 Å². The molecule has 0 spiro atoms. The summed E-state index contributed by atoms with van der Waals surface area (Å²) < 4.78 is 5.46. The molecule has 1 aliphatic rings. The molecule has 0 radical (unpaired) electrons. The molecule has 1 aliphatic carbocycles. The summed E-state index contributed by atoms with van der Waals surface area (Å²) in [6, 6.07) is 0.951. The van der Waals surface area contributed by atoms with Crippen LogP contribution in [0.25, 0.3) is 0 Å². The molecule has 140 valence electrons. The Bertz CT molecular complexity index is 435. The van der Waals surface area contributed by atoms with Crippen LogP contribution in [-0.4, -0.2) is 44.3 Å². The second kappa shape index (κ2) is 8.99. The van der Waals surface area contributed by atoms with Crippen molar-refractivity contribution in [2.24, 2.45) is 11.8 Å². The van der Waals surface area contributed by atoms with Crippen LogP contribution in [0.3, 0.4) is 0 Å². The highest BCUT2D eigenvalue weighted by Gasteiger charge is 2.45. The second-order valence-corrected chi connectivity index (χ2v) is 14.0. The average Bonchev–Trinajstić information content (AvgIpc) is 2.50. The molecular formula is C18H35NO4Si. The second-order valence-electron chi connectivity index (χ2n) is 8.33. The van der Waals surface area contributed by atoms with E-state index < -0.39 is 19.6 Å². The summed E-state index contributed by atoms with van der Waals surface area (Å²) >= 11 is 0. The molecule has 1 unspecified atom stereocenters. The summed E-state index contributed by atoms with van der Waals surface area (Å²) in [7, 11) is 0.367. The number of hydrogen-bond donors (Lipinski definition) is 2. The topological polar surface area (TPSA) is 75.6 Å². The van der Waals surface area contributed by atoms with Gasteiger partial charge in [0.15, 0.2) is 0 Å². The number of aliphatic hydroxyl groups is 1. The van der Waals surface area contributed by atoms with Gasteiger partial charge in [0.25, 0.3) is 0 Å². The number of amides is 1. The summed E-state index contributed by atoms with van der Waals surface area (Å²) in [4.78, 5) is 24.6. The fraction of sp³-hybridized carbons (Fsp3) is 0.889. The minimum Gasteiger partial charge on any atom is -0.466 e. The van der Waals surface area contributed by atoms with Gasteiger partial charge in [0.1, 0.15) is 0 Å². The number of carbonyl (C=O) groups is 2. The van der Waals surface area contributed by atoms with Gasteiger partial charge >= 0.3 is 5.97 Å². The Kier molecular flexibility index (Phi) is 7.93. The first-order valence-corrected chi connectivity index (χ1v) is 12.9. The van der Waals surface area contributed by atoms with Crippen LogP contribution in [0.4, 0.5) is 0 Å². The highest BCUT2D eigenvalue weighted by molar-refractivity contribution is 6.76. The molecule has 1 fully saturated rings. The van der Waals surface area contributed by atoms with Gasteiger partial charge < -0.3 is 15.2 Å². The first kappa shape index (κ1) is 21.2. The first-order valence-electron chi connectivity index (χ1n) is 9.23. The fourth-order valence-electron chi connectivity index (χ4n) is 3.49. The van der Waals surface area contributed by atoms with Crippen LogP contribution in [0, 0.1) is 11.8 Å². The summed E-state index contributed by atoms with van der Waals surface area (Å²) in [5.41, 5.74) is -1.10. The Morgan fingerprint density at radius 1 is 1.38 bits per heavy atom. The molecule has 24 heavy (non-hydrogen) atoms. The van der Waals surface area contributed by atoms with Crippen molar-refractivity contribution in [3.05, 3.63) is 0 Å². The average molecular weight is 358 g/mol. The van der Waals surface area contributed by atoms with Crippen LogP contribution >= 0.6 is 0 Å². The van der Waals surface area contributed by atoms with Crippen molar-refractivity contribution in [3.8, 4) is 0 Å². The lowest BCUT2D eigenvalue weighted by molar-refractivity contribution is -0.158. The van der Waals surface area contributed by atoms with Crippen molar-refractivity contribution < 1.29 is 19.4 Å². The lowest BCUT2D eigenvalue weighted by Gasteiger charge is -2.40. The van der Waals surface area contributed by atoms with E-state index in [9.17, 15) is 14.7 Å². The van der Waals surface area contributed by atoms with Gasteiger partial charge in [0.05, 0.1) is 24.0 Å². The summed E-state index contributed by atoms with van der Waals surface area (Å²) in [6.45, 7) is 9.22. The third kappa shape index (κ3) is 6.20. The smallest absolute Gasteiger partial charge is 0.309 e. The third-order valence-electron chi connectivity index (χ3n) is 4.98. The molecule has 0 heterocycles. The lowest BCUT2D eigenvalue weighted by Crippen LogP contribution is -2.50. The summed E-state index contributed by atoms with van der Waals surface area (Å²) in [5.74, 6) is -1.09. The predicted molar refractivity (Wildman–Crippen MR) is 98.5 cm³/mol. The molecule has 0 aromatic carbocycles. The van der Waals surface area contributed by atoms with E-state index in [0.717, 1.165) is 25.3 Å². The van der Waals surface area contributed by atoms with Gasteiger partial charge in [-0.2, -0.15) is 0 Å². The van der Waals surface area contributed by atoms with E-state index in [1.807, 2.05) is 6.92 Å². The van der Waals surface area contributed by atoms with Crippen LogP contribution in [0.5, 0.6) is 0 Å². The van der Waals surface area contributed by atoms with Crippen molar-refractivity contribution in [2.45, 2.75) is 76.7 Å². The van der Waals surface area contributed by atoms with Crippen molar-refractivity contribution >= 4 is 20.0 Å². The number of hydrogen-bond acceptors (Lipinski definition) is 4. The molecule has 0 aliphatic heterocycles. The van der Waals surface area contributed by atoms with E-state index in [2.05, 4.69) is 25.0 Å². The van der Waals surface area contributed by atoms with E-state index >= 15 is 0 Å². The molecule has 0 bridgehead atoms. The van der Waals surface area contributed by atoms with Crippen molar-refractivity contribution in [3.63, 3.8) is 0 Å². The van der Waals surface area contributed by atoms with E-state index in [1.165, 1.54) is 0 Å². The standard InChI is InChI=1S/C18H35NO4Si/c1-6-8-15(16(20)19-2)18(22)10-7-9-14(13-18)17(21)23-11-12-24(3,4)5/h14-15,22H,6-13H2,1-5H3,(H,19,20)/t14-,15?,18-/m1/s1. The molecular weight excluding hydrogens is 322 g/mol. The monoisotopic (exact) mass is 357 g/mol. The molecule has 1 amide bonds. The molecule has 1 rings (SSSR count). The zero-order chi connectivity index (χ0) is 18.4. The SMILES string of the molecule is CCCC(C(=O)NC)[C@@]1(O)CCC[C@@H](C(=O)OCC[Si](C)(C)C)C1. The number of carbonyl (C=O) groups excluding carboxylic acids is 2. The van der Waals surface area contributed by atoms with E-state index in [0.29, 0.717) is 25.9 Å². The Labute approximate surface area is 147 Å². The van der Waals surface area contributed by atoms with E-state index in [1.54, 1.807) is 7.05 Å². The quantitative estimate of drug-likeness (QED) is 0.517.